The lowest BCUT2D eigenvalue weighted by Gasteiger charge is -2.27. The predicted molar refractivity (Wildman–Crippen MR) is 137 cm³/mol. The first kappa shape index (κ1) is 22.3. The maximum absolute atomic E-state index is 12.8. The highest BCUT2D eigenvalue weighted by molar-refractivity contribution is 5.95. The fourth-order valence-electron chi connectivity index (χ4n) is 4.54. The van der Waals surface area contributed by atoms with Gasteiger partial charge in [0.05, 0.1) is 12.2 Å². The van der Waals surface area contributed by atoms with Gasteiger partial charge in [-0.2, -0.15) is 5.26 Å². The molecule has 180 valence electrons. The number of nitriles is 1. The van der Waals surface area contributed by atoms with Crippen molar-refractivity contribution >= 4 is 17.0 Å². The Morgan fingerprint density at radius 3 is 2.61 bits per heavy atom. The van der Waals surface area contributed by atoms with Crippen LogP contribution in [0.1, 0.15) is 28.8 Å². The number of rotatable bonds is 6. The van der Waals surface area contributed by atoms with Crippen molar-refractivity contribution < 1.29 is 13.9 Å². The van der Waals surface area contributed by atoms with E-state index in [1.165, 1.54) is 12.8 Å². The summed E-state index contributed by atoms with van der Waals surface area (Å²) < 4.78 is 12.1. The van der Waals surface area contributed by atoms with Crippen LogP contribution in [0.5, 0.6) is 5.75 Å². The number of amides is 1. The highest BCUT2D eigenvalue weighted by Crippen LogP contribution is 2.36. The van der Waals surface area contributed by atoms with Crippen molar-refractivity contribution in [3.8, 4) is 34.3 Å². The molecule has 3 heterocycles. The molecule has 7 heteroatoms. The molecule has 1 aliphatic heterocycles. The zero-order valence-electron chi connectivity index (χ0n) is 19.9. The molecule has 2 aromatic carbocycles. The van der Waals surface area contributed by atoms with Gasteiger partial charge in [-0.1, -0.05) is 18.2 Å². The van der Waals surface area contributed by atoms with Crippen LogP contribution in [-0.4, -0.2) is 48.6 Å². The predicted octanol–water partition coefficient (Wildman–Crippen LogP) is 4.87. The van der Waals surface area contributed by atoms with Crippen LogP contribution in [0.25, 0.3) is 33.6 Å². The number of fused-ring (bicyclic) bond motifs is 1. The average molecular weight is 479 g/mol. The molecule has 4 aromatic rings. The van der Waals surface area contributed by atoms with Crippen molar-refractivity contribution in [1.29, 1.82) is 5.26 Å². The molecule has 1 amide bonds. The molecule has 1 N–H and O–H groups in total. The Morgan fingerprint density at radius 2 is 1.86 bits per heavy atom. The van der Waals surface area contributed by atoms with E-state index in [4.69, 9.17) is 9.15 Å². The summed E-state index contributed by atoms with van der Waals surface area (Å²) in [4.78, 5) is 19.1. The molecule has 0 radical (unpaired) electrons. The molecule has 0 unspecified atom stereocenters. The van der Waals surface area contributed by atoms with E-state index in [1.54, 1.807) is 6.20 Å². The summed E-state index contributed by atoms with van der Waals surface area (Å²) in [5.74, 6) is 1.96. The molecule has 0 atom stereocenters. The van der Waals surface area contributed by atoms with Gasteiger partial charge < -0.3 is 19.4 Å². The van der Waals surface area contributed by atoms with Crippen LogP contribution in [-0.2, 0) is 0 Å². The Balaban J connectivity index is 1.28. The number of hydrogen-bond acceptors (Lipinski definition) is 6. The molecular weight excluding hydrogens is 452 g/mol. The van der Waals surface area contributed by atoms with E-state index in [2.05, 4.69) is 16.4 Å². The van der Waals surface area contributed by atoms with E-state index in [0.29, 0.717) is 40.7 Å². The van der Waals surface area contributed by atoms with Crippen LogP contribution in [0.3, 0.4) is 0 Å². The summed E-state index contributed by atoms with van der Waals surface area (Å²) in [6.45, 7) is 3.75. The van der Waals surface area contributed by atoms with Crippen molar-refractivity contribution in [1.82, 2.24) is 15.2 Å². The van der Waals surface area contributed by atoms with Gasteiger partial charge in [-0.05, 0) is 54.7 Å². The van der Waals surface area contributed by atoms with Gasteiger partial charge in [-0.3, -0.25) is 9.78 Å². The normalized spacial score (nSPS) is 15.6. The van der Waals surface area contributed by atoms with Crippen LogP contribution in [0, 0.1) is 17.2 Å². The SMILES string of the molecule is N#Cc1cc(-c2ccnc3cc(-c4ccc(C(=O)N5CCNCC5)cc4)oc23)ccc1OCC1CC1. The Hall–Kier alpha value is -4.15. The summed E-state index contributed by atoms with van der Waals surface area (Å²) in [5, 5.41) is 13.0. The third kappa shape index (κ3) is 4.43. The quantitative estimate of drug-likeness (QED) is 0.425. The van der Waals surface area contributed by atoms with E-state index >= 15 is 0 Å². The monoisotopic (exact) mass is 478 g/mol. The maximum Gasteiger partial charge on any atom is 0.253 e. The highest BCUT2D eigenvalue weighted by atomic mass is 16.5. The molecule has 1 saturated heterocycles. The minimum Gasteiger partial charge on any atom is -0.492 e. The molecule has 2 aliphatic rings. The minimum absolute atomic E-state index is 0.0504. The van der Waals surface area contributed by atoms with Gasteiger partial charge in [0.15, 0.2) is 5.58 Å². The van der Waals surface area contributed by atoms with Crippen LogP contribution in [0.4, 0.5) is 0 Å². The summed E-state index contributed by atoms with van der Waals surface area (Å²) in [6, 6.07) is 19.2. The average Bonchev–Trinajstić information content (AvgIpc) is 3.67. The number of hydrogen-bond donors (Lipinski definition) is 1. The Bertz CT molecular complexity index is 1460. The number of piperazine rings is 1. The lowest BCUT2D eigenvalue weighted by Crippen LogP contribution is -2.46. The Labute approximate surface area is 209 Å². The first-order valence-corrected chi connectivity index (χ1v) is 12.4. The van der Waals surface area contributed by atoms with Crippen molar-refractivity contribution in [3.63, 3.8) is 0 Å². The number of carbonyl (C=O) groups is 1. The fourth-order valence-corrected chi connectivity index (χ4v) is 4.54. The molecule has 6 rings (SSSR count). The van der Waals surface area contributed by atoms with Crippen LogP contribution < -0.4 is 10.1 Å². The molecule has 0 spiro atoms. The fraction of sp³-hybridized carbons (Fsp3) is 0.276. The molecule has 1 aliphatic carbocycles. The van der Waals surface area contributed by atoms with Crippen molar-refractivity contribution in [2.75, 3.05) is 32.8 Å². The van der Waals surface area contributed by atoms with Crippen molar-refractivity contribution in [2.45, 2.75) is 12.8 Å². The van der Waals surface area contributed by atoms with E-state index in [9.17, 15) is 10.1 Å². The molecule has 1 saturated carbocycles. The standard InChI is InChI=1S/C29H26N4O3/c30-17-23-15-22(7-8-26(23)35-18-19-1-2-19)24-9-10-32-25-16-27(36-28(24)25)20-3-5-21(6-4-20)29(34)33-13-11-31-12-14-33/h3-10,15-16,19,31H,1-2,11-14,18H2. The van der Waals surface area contributed by atoms with Gasteiger partial charge in [0.2, 0.25) is 0 Å². The third-order valence-electron chi connectivity index (χ3n) is 6.81. The van der Waals surface area contributed by atoms with Gasteiger partial charge in [0.1, 0.15) is 23.1 Å². The largest absolute Gasteiger partial charge is 0.492 e. The number of nitrogens with one attached hydrogen (secondary N) is 1. The smallest absolute Gasteiger partial charge is 0.253 e. The number of furan rings is 1. The Morgan fingerprint density at radius 1 is 1.08 bits per heavy atom. The Kier molecular flexibility index (Phi) is 5.88. The summed E-state index contributed by atoms with van der Waals surface area (Å²) in [5.41, 5.74) is 5.17. The molecule has 2 fully saturated rings. The zero-order valence-corrected chi connectivity index (χ0v) is 19.9. The van der Waals surface area contributed by atoms with Crippen LogP contribution in [0.15, 0.2) is 65.2 Å². The first-order chi connectivity index (χ1) is 17.7. The maximum atomic E-state index is 12.8. The lowest BCUT2D eigenvalue weighted by molar-refractivity contribution is 0.0736. The van der Waals surface area contributed by atoms with E-state index < -0.39 is 0 Å². The molecule has 0 bridgehead atoms. The number of ether oxygens (including phenoxy) is 1. The second-order valence-corrected chi connectivity index (χ2v) is 9.38. The van der Waals surface area contributed by atoms with Crippen LogP contribution >= 0.6 is 0 Å². The summed E-state index contributed by atoms with van der Waals surface area (Å²) >= 11 is 0. The van der Waals surface area contributed by atoms with Gasteiger partial charge in [0, 0.05) is 55.1 Å². The number of carbonyl (C=O) groups excluding carboxylic acids is 1. The van der Waals surface area contributed by atoms with E-state index in [1.807, 2.05) is 59.5 Å². The third-order valence-corrected chi connectivity index (χ3v) is 6.81. The number of benzene rings is 2. The van der Waals surface area contributed by atoms with Gasteiger partial charge >= 0.3 is 0 Å². The second kappa shape index (κ2) is 9.48. The highest BCUT2D eigenvalue weighted by Gasteiger charge is 2.23. The minimum atomic E-state index is 0.0504. The van der Waals surface area contributed by atoms with Gasteiger partial charge in [-0.25, -0.2) is 0 Å². The molecular formula is C29H26N4O3. The van der Waals surface area contributed by atoms with Crippen molar-refractivity contribution in [2.24, 2.45) is 5.92 Å². The zero-order chi connectivity index (χ0) is 24.5. The van der Waals surface area contributed by atoms with Gasteiger partial charge in [0.25, 0.3) is 5.91 Å². The van der Waals surface area contributed by atoms with E-state index in [-0.39, 0.29) is 5.91 Å². The number of nitrogens with zero attached hydrogens (tertiary/aromatic N) is 3. The topological polar surface area (TPSA) is 91.4 Å². The lowest BCUT2D eigenvalue weighted by atomic mass is 10.0. The second-order valence-electron chi connectivity index (χ2n) is 9.38. The first-order valence-electron chi connectivity index (χ1n) is 12.4. The number of pyridine rings is 1. The van der Waals surface area contributed by atoms with Crippen molar-refractivity contribution in [3.05, 3.63) is 71.9 Å². The molecule has 36 heavy (non-hydrogen) atoms. The molecule has 7 nitrogen and oxygen atoms in total. The number of aromatic nitrogens is 1. The van der Waals surface area contributed by atoms with Gasteiger partial charge in [-0.15, -0.1) is 0 Å². The summed E-state index contributed by atoms with van der Waals surface area (Å²) in [6.07, 6.45) is 4.14. The summed E-state index contributed by atoms with van der Waals surface area (Å²) in [7, 11) is 0. The molecule has 2 aromatic heterocycles. The van der Waals surface area contributed by atoms with Crippen LogP contribution in [0.2, 0.25) is 0 Å². The van der Waals surface area contributed by atoms with E-state index in [0.717, 1.165) is 48.4 Å².